The van der Waals surface area contributed by atoms with Gasteiger partial charge in [0, 0.05) is 13.0 Å². The van der Waals surface area contributed by atoms with Gasteiger partial charge in [0.1, 0.15) is 6.04 Å². The molecule has 1 aliphatic heterocycles. The van der Waals surface area contributed by atoms with Crippen LogP contribution in [0, 0.1) is 5.92 Å². The topological polar surface area (TPSA) is 63.4 Å². The molecule has 1 saturated heterocycles. The molecule has 0 aromatic carbocycles. The number of nitrogens with two attached hydrogens (primary N) is 1. The molecule has 1 aliphatic rings. The third-order valence-corrected chi connectivity index (χ3v) is 3.30. The average Bonchev–Trinajstić information content (AvgIpc) is 2.58. The van der Waals surface area contributed by atoms with Gasteiger partial charge >= 0.3 is 0 Å². The second-order valence-electron chi connectivity index (χ2n) is 4.58. The molecule has 0 spiro atoms. The summed E-state index contributed by atoms with van der Waals surface area (Å²) in [5.41, 5.74) is 5.30. The first-order valence-corrected chi connectivity index (χ1v) is 6.18. The van der Waals surface area contributed by atoms with Crippen molar-refractivity contribution in [1.29, 1.82) is 0 Å². The second-order valence-corrected chi connectivity index (χ2v) is 4.58. The summed E-state index contributed by atoms with van der Waals surface area (Å²) in [6.45, 7) is 4.75. The van der Waals surface area contributed by atoms with Gasteiger partial charge in [-0.2, -0.15) is 0 Å². The van der Waals surface area contributed by atoms with E-state index in [9.17, 15) is 9.59 Å². The van der Waals surface area contributed by atoms with Gasteiger partial charge in [-0.15, -0.1) is 0 Å². The zero-order chi connectivity index (χ0) is 12.1. The monoisotopic (exact) mass is 226 g/mol. The molecule has 1 heterocycles. The number of rotatable bonds is 6. The maximum Gasteiger partial charge on any atom is 0.240 e. The van der Waals surface area contributed by atoms with Gasteiger partial charge in [-0.1, -0.05) is 26.7 Å². The Morgan fingerprint density at radius 3 is 2.75 bits per heavy atom. The standard InChI is InChI=1S/C12H22N2O2/c1-3-5-6-9-7-11(15)14(8-9)10(4-2)12(13)16/h9-10H,3-8H2,1-2H3,(H2,13,16)/t9?,10-/m0/s1. The van der Waals surface area contributed by atoms with Crippen molar-refractivity contribution < 1.29 is 9.59 Å². The van der Waals surface area contributed by atoms with Gasteiger partial charge < -0.3 is 10.6 Å². The molecule has 1 unspecified atom stereocenters. The van der Waals surface area contributed by atoms with Crippen molar-refractivity contribution in [2.75, 3.05) is 6.54 Å². The fourth-order valence-electron chi connectivity index (χ4n) is 2.37. The van der Waals surface area contributed by atoms with Crippen LogP contribution in [0.1, 0.15) is 46.0 Å². The van der Waals surface area contributed by atoms with Crippen molar-refractivity contribution in [3.05, 3.63) is 0 Å². The molecule has 1 fully saturated rings. The number of unbranched alkanes of at least 4 members (excludes halogenated alkanes) is 1. The minimum Gasteiger partial charge on any atom is -0.368 e. The molecule has 0 aromatic rings. The number of carbonyl (C=O) groups is 2. The van der Waals surface area contributed by atoms with Crippen molar-refractivity contribution in [3.63, 3.8) is 0 Å². The van der Waals surface area contributed by atoms with Crippen LogP contribution in [-0.2, 0) is 9.59 Å². The maximum atomic E-state index is 11.8. The Balaban J connectivity index is 2.56. The summed E-state index contributed by atoms with van der Waals surface area (Å²) in [4.78, 5) is 24.7. The average molecular weight is 226 g/mol. The summed E-state index contributed by atoms with van der Waals surface area (Å²) in [5.74, 6) is 0.125. The number of primary amides is 1. The molecule has 0 aliphatic carbocycles. The van der Waals surface area contributed by atoms with Gasteiger partial charge in [0.2, 0.25) is 11.8 Å². The van der Waals surface area contributed by atoms with Crippen molar-refractivity contribution in [2.24, 2.45) is 11.7 Å². The Labute approximate surface area is 97.2 Å². The lowest BCUT2D eigenvalue weighted by Crippen LogP contribution is -2.45. The maximum absolute atomic E-state index is 11.8. The van der Waals surface area contributed by atoms with Crippen LogP contribution < -0.4 is 5.73 Å². The number of nitrogens with zero attached hydrogens (tertiary/aromatic N) is 1. The van der Waals surface area contributed by atoms with Crippen LogP contribution in [0.3, 0.4) is 0 Å². The zero-order valence-corrected chi connectivity index (χ0v) is 10.2. The minimum absolute atomic E-state index is 0.0896. The third-order valence-electron chi connectivity index (χ3n) is 3.30. The lowest BCUT2D eigenvalue weighted by molar-refractivity contribution is -0.136. The normalized spacial score (nSPS) is 22.5. The Hall–Kier alpha value is -1.06. The van der Waals surface area contributed by atoms with E-state index in [-0.39, 0.29) is 11.8 Å². The molecule has 0 aromatic heterocycles. The van der Waals surface area contributed by atoms with E-state index in [0.29, 0.717) is 25.3 Å². The quantitative estimate of drug-likeness (QED) is 0.741. The molecular weight excluding hydrogens is 204 g/mol. The Morgan fingerprint density at radius 2 is 2.25 bits per heavy atom. The lowest BCUT2D eigenvalue weighted by Gasteiger charge is -2.24. The zero-order valence-electron chi connectivity index (χ0n) is 10.2. The summed E-state index contributed by atoms with van der Waals surface area (Å²) >= 11 is 0. The van der Waals surface area contributed by atoms with Crippen molar-refractivity contribution in [3.8, 4) is 0 Å². The molecule has 4 nitrogen and oxygen atoms in total. The van der Waals surface area contributed by atoms with Gasteiger partial charge in [0.15, 0.2) is 0 Å². The summed E-state index contributed by atoms with van der Waals surface area (Å²) in [7, 11) is 0. The first-order chi connectivity index (χ1) is 7.60. The Kier molecular flexibility index (Phi) is 4.77. The largest absolute Gasteiger partial charge is 0.368 e. The number of carbonyl (C=O) groups excluding carboxylic acids is 2. The molecule has 0 bridgehead atoms. The number of hydrogen-bond acceptors (Lipinski definition) is 2. The summed E-state index contributed by atoms with van der Waals surface area (Å²) in [5, 5.41) is 0. The molecule has 2 N–H and O–H groups in total. The van der Waals surface area contributed by atoms with Crippen LogP contribution in [0.4, 0.5) is 0 Å². The molecule has 2 atom stereocenters. The van der Waals surface area contributed by atoms with Gasteiger partial charge in [0.05, 0.1) is 0 Å². The summed E-state index contributed by atoms with van der Waals surface area (Å²) in [6, 6.07) is -0.404. The minimum atomic E-state index is -0.404. The molecule has 16 heavy (non-hydrogen) atoms. The van der Waals surface area contributed by atoms with E-state index in [1.54, 1.807) is 4.90 Å². The molecule has 2 amide bonds. The van der Waals surface area contributed by atoms with E-state index >= 15 is 0 Å². The molecule has 92 valence electrons. The smallest absolute Gasteiger partial charge is 0.240 e. The van der Waals surface area contributed by atoms with E-state index in [0.717, 1.165) is 19.3 Å². The van der Waals surface area contributed by atoms with E-state index < -0.39 is 6.04 Å². The van der Waals surface area contributed by atoms with E-state index in [1.807, 2.05) is 6.92 Å². The third kappa shape index (κ3) is 2.97. The van der Waals surface area contributed by atoms with Gasteiger partial charge in [-0.05, 0) is 18.8 Å². The highest BCUT2D eigenvalue weighted by molar-refractivity contribution is 5.87. The highest BCUT2D eigenvalue weighted by Gasteiger charge is 2.35. The van der Waals surface area contributed by atoms with Crippen LogP contribution in [0.5, 0.6) is 0 Å². The molecular formula is C12H22N2O2. The van der Waals surface area contributed by atoms with Crippen LogP contribution in [0.15, 0.2) is 0 Å². The van der Waals surface area contributed by atoms with E-state index in [4.69, 9.17) is 5.73 Å². The highest BCUT2D eigenvalue weighted by Crippen LogP contribution is 2.25. The Morgan fingerprint density at radius 1 is 1.56 bits per heavy atom. The van der Waals surface area contributed by atoms with Crippen LogP contribution >= 0.6 is 0 Å². The van der Waals surface area contributed by atoms with Crippen molar-refractivity contribution in [2.45, 2.75) is 52.0 Å². The molecule has 0 saturated carbocycles. The first kappa shape index (κ1) is 13.0. The summed E-state index contributed by atoms with van der Waals surface area (Å²) < 4.78 is 0. The van der Waals surface area contributed by atoms with Crippen LogP contribution in [0.2, 0.25) is 0 Å². The molecule has 0 radical (unpaired) electrons. The highest BCUT2D eigenvalue weighted by atomic mass is 16.2. The predicted molar refractivity (Wildman–Crippen MR) is 62.6 cm³/mol. The fourth-order valence-corrected chi connectivity index (χ4v) is 2.37. The molecule has 4 heteroatoms. The van der Waals surface area contributed by atoms with Crippen LogP contribution in [-0.4, -0.2) is 29.3 Å². The van der Waals surface area contributed by atoms with E-state index in [2.05, 4.69) is 6.92 Å². The lowest BCUT2D eigenvalue weighted by atomic mass is 10.0. The number of likely N-dealkylation sites (tertiary alicyclic amines) is 1. The molecule has 1 rings (SSSR count). The van der Waals surface area contributed by atoms with Crippen molar-refractivity contribution in [1.82, 2.24) is 4.90 Å². The van der Waals surface area contributed by atoms with Gasteiger partial charge in [-0.3, -0.25) is 9.59 Å². The first-order valence-electron chi connectivity index (χ1n) is 6.18. The van der Waals surface area contributed by atoms with Crippen molar-refractivity contribution >= 4 is 11.8 Å². The SMILES string of the molecule is CCCCC1CC(=O)N([C@@H](CC)C(N)=O)C1. The van der Waals surface area contributed by atoms with Gasteiger partial charge in [0.25, 0.3) is 0 Å². The summed E-state index contributed by atoms with van der Waals surface area (Å²) in [6.07, 6.45) is 4.58. The second kappa shape index (κ2) is 5.87. The van der Waals surface area contributed by atoms with E-state index in [1.165, 1.54) is 0 Å². The van der Waals surface area contributed by atoms with Crippen LogP contribution in [0.25, 0.3) is 0 Å². The number of hydrogen-bond donors (Lipinski definition) is 1. The Bertz CT molecular complexity index is 266. The number of amides is 2. The fraction of sp³-hybridized carbons (Fsp3) is 0.833. The predicted octanol–water partition coefficient (Wildman–Crippen LogP) is 1.29. The van der Waals surface area contributed by atoms with Gasteiger partial charge in [-0.25, -0.2) is 0 Å².